The van der Waals surface area contributed by atoms with Crippen molar-refractivity contribution in [3.8, 4) is 5.75 Å². The zero-order chi connectivity index (χ0) is 13.2. The first-order valence-electron chi connectivity index (χ1n) is 5.93. The van der Waals surface area contributed by atoms with Crippen molar-refractivity contribution in [2.45, 2.75) is 31.2 Å². The van der Waals surface area contributed by atoms with Crippen molar-refractivity contribution in [3.05, 3.63) is 28.8 Å². The van der Waals surface area contributed by atoms with Gasteiger partial charge >= 0.3 is 0 Å². The normalized spacial score (nSPS) is 17.7. The summed E-state index contributed by atoms with van der Waals surface area (Å²) in [4.78, 5) is 12.1. The van der Waals surface area contributed by atoms with Gasteiger partial charge in [0.25, 0.3) is 5.91 Å². The number of halogens is 2. The fourth-order valence-electron chi connectivity index (χ4n) is 2.35. The van der Waals surface area contributed by atoms with Gasteiger partial charge < -0.3 is 10.4 Å². The molecule has 1 amide bonds. The van der Waals surface area contributed by atoms with E-state index in [9.17, 15) is 9.90 Å². The molecule has 0 aromatic heterocycles. The highest BCUT2D eigenvalue weighted by atomic mass is 35.5. The third-order valence-corrected chi connectivity index (χ3v) is 4.15. The molecular weight excluding hydrogens is 273 g/mol. The van der Waals surface area contributed by atoms with Crippen molar-refractivity contribution in [1.82, 2.24) is 5.32 Å². The van der Waals surface area contributed by atoms with Crippen LogP contribution >= 0.6 is 23.2 Å². The fraction of sp³-hybridized carbons (Fsp3) is 0.462. The predicted molar refractivity (Wildman–Crippen MR) is 72.5 cm³/mol. The van der Waals surface area contributed by atoms with E-state index in [0.717, 1.165) is 25.7 Å². The summed E-state index contributed by atoms with van der Waals surface area (Å²) in [5.74, 6) is -0.0120. The van der Waals surface area contributed by atoms with Crippen LogP contribution in [0.25, 0.3) is 0 Å². The van der Waals surface area contributed by atoms with Crippen LogP contribution in [0, 0.1) is 0 Å². The van der Waals surface area contributed by atoms with Gasteiger partial charge in [0.2, 0.25) is 0 Å². The van der Waals surface area contributed by atoms with E-state index in [1.54, 1.807) is 6.07 Å². The number of rotatable bonds is 3. The van der Waals surface area contributed by atoms with Gasteiger partial charge in [-0.1, -0.05) is 24.4 Å². The smallest absolute Gasteiger partial charge is 0.255 e. The monoisotopic (exact) mass is 287 g/mol. The number of hydrogen-bond donors (Lipinski definition) is 2. The molecule has 1 aliphatic rings. The molecule has 0 radical (unpaired) electrons. The minimum absolute atomic E-state index is 0.109. The average Bonchev–Trinajstić information content (AvgIpc) is 2.78. The van der Waals surface area contributed by atoms with Crippen LogP contribution in [0.1, 0.15) is 36.0 Å². The topological polar surface area (TPSA) is 49.3 Å². The number of carbonyl (C=O) groups excluding carboxylic acids is 1. The summed E-state index contributed by atoms with van der Waals surface area (Å²) in [5, 5.41) is 13.1. The van der Waals surface area contributed by atoms with Crippen molar-refractivity contribution in [2.75, 3.05) is 5.88 Å². The first-order valence-corrected chi connectivity index (χ1v) is 6.85. The molecule has 2 rings (SSSR count). The Morgan fingerprint density at radius 1 is 1.39 bits per heavy atom. The summed E-state index contributed by atoms with van der Waals surface area (Å²) in [6.45, 7) is 0. The Bertz CT molecular complexity index is 456. The number of benzene rings is 1. The molecule has 0 bridgehead atoms. The van der Waals surface area contributed by atoms with Gasteiger partial charge in [0.15, 0.2) is 0 Å². The molecular formula is C13H15Cl2NO2. The van der Waals surface area contributed by atoms with Gasteiger partial charge in [0.1, 0.15) is 5.75 Å². The Morgan fingerprint density at radius 2 is 2.06 bits per heavy atom. The number of phenols is 1. The number of alkyl halides is 1. The molecule has 0 spiro atoms. The van der Waals surface area contributed by atoms with Crippen molar-refractivity contribution in [1.29, 1.82) is 0 Å². The van der Waals surface area contributed by atoms with Gasteiger partial charge in [-0.3, -0.25) is 4.79 Å². The lowest BCUT2D eigenvalue weighted by molar-refractivity contribution is 0.0906. The van der Waals surface area contributed by atoms with Gasteiger partial charge in [0.05, 0.1) is 11.1 Å². The lowest BCUT2D eigenvalue weighted by Crippen LogP contribution is -2.47. The molecule has 0 saturated heterocycles. The zero-order valence-electron chi connectivity index (χ0n) is 9.88. The minimum Gasteiger partial charge on any atom is -0.507 e. The van der Waals surface area contributed by atoms with Crippen molar-refractivity contribution in [2.24, 2.45) is 0 Å². The lowest BCUT2D eigenvalue weighted by atomic mass is 9.99. The summed E-state index contributed by atoms with van der Waals surface area (Å²) in [6, 6.07) is 4.46. The van der Waals surface area contributed by atoms with Crippen molar-refractivity contribution in [3.63, 3.8) is 0 Å². The van der Waals surface area contributed by atoms with Crippen LogP contribution in [-0.2, 0) is 0 Å². The van der Waals surface area contributed by atoms with E-state index in [0.29, 0.717) is 10.9 Å². The third kappa shape index (κ3) is 2.73. The Balaban J connectivity index is 2.16. The number of amides is 1. The van der Waals surface area contributed by atoms with Crippen LogP contribution in [0.2, 0.25) is 5.02 Å². The van der Waals surface area contributed by atoms with Crippen LogP contribution in [0.3, 0.4) is 0 Å². The highest BCUT2D eigenvalue weighted by Gasteiger charge is 2.35. The highest BCUT2D eigenvalue weighted by molar-refractivity contribution is 6.30. The Hall–Kier alpha value is -0.930. The van der Waals surface area contributed by atoms with Crippen LogP contribution in [0.4, 0.5) is 0 Å². The molecule has 0 unspecified atom stereocenters. The second kappa shape index (κ2) is 5.37. The van der Waals surface area contributed by atoms with E-state index >= 15 is 0 Å². The Morgan fingerprint density at radius 3 is 2.61 bits per heavy atom. The highest BCUT2D eigenvalue weighted by Crippen LogP contribution is 2.31. The molecule has 3 nitrogen and oxygen atoms in total. The van der Waals surface area contributed by atoms with E-state index in [2.05, 4.69) is 5.32 Å². The number of hydrogen-bond acceptors (Lipinski definition) is 2. The average molecular weight is 288 g/mol. The molecule has 0 aliphatic heterocycles. The van der Waals surface area contributed by atoms with E-state index in [4.69, 9.17) is 23.2 Å². The second-order valence-corrected chi connectivity index (χ2v) is 5.44. The molecule has 0 atom stereocenters. The quantitative estimate of drug-likeness (QED) is 0.838. The summed E-state index contributed by atoms with van der Waals surface area (Å²) in [5.41, 5.74) is -0.0964. The SMILES string of the molecule is O=C(NC1(CCl)CCCC1)c1ccc(Cl)cc1O. The van der Waals surface area contributed by atoms with Gasteiger partial charge in [-0.25, -0.2) is 0 Å². The lowest BCUT2D eigenvalue weighted by Gasteiger charge is -2.28. The van der Waals surface area contributed by atoms with Gasteiger partial charge in [-0.05, 0) is 31.0 Å². The molecule has 5 heteroatoms. The molecule has 1 aromatic rings. The maximum absolute atomic E-state index is 12.1. The number of aromatic hydroxyl groups is 1. The first-order chi connectivity index (χ1) is 8.56. The number of nitrogens with one attached hydrogen (secondary N) is 1. The molecule has 2 N–H and O–H groups in total. The van der Waals surface area contributed by atoms with Crippen LogP contribution in [0.15, 0.2) is 18.2 Å². The van der Waals surface area contributed by atoms with Crippen LogP contribution in [-0.4, -0.2) is 22.4 Å². The maximum atomic E-state index is 12.1. The van der Waals surface area contributed by atoms with E-state index in [1.165, 1.54) is 12.1 Å². The molecule has 1 aliphatic carbocycles. The molecule has 18 heavy (non-hydrogen) atoms. The van der Waals surface area contributed by atoms with Crippen molar-refractivity contribution >= 4 is 29.1 Å². The van der Waals surface area contributed by atoms with E-state index in [-0.39, 0.29) is 22.8 Å². The van der Waals surface area contributed by atoms with Gasteiger partial charge in [-0.2, -0.15) is 0 Å². The number of phenolic OH excluding ortho intramolecular Hbond substituents is 1. The van der Waals surface area contributed by atoms with Crippen LogP contribution in [0.5, 0.6) is 5.75 Å². The number of carbonyl (C=O) groups is 1. The minimum atomic E-state index is -0.329. The van der Waals surface area contributed by atoms with Crippen LogP contribution < -0.4 is 5.32 Å². The molecule has 1 saturated carbocycles. The van der Waals surface area contributed by atoms with E-state index in [1.807, 2.05) is 0 Å². The summed E-state index contributed by atoms with van der Waals surface area (Å²) in [7, 11) is 0. The summed E-state index contributed by atoms with van der Waals surface area (Å²) in [6.07, 6.45) is 3.91. The summed E-state index contributed by atoms with van der Waals surface area (Å²) >= 11 is 11.7. The zero-order valence-corrected chi connectivity index (χ0v) is 11.4. The largest absolute Gasteiger partial charge is 0.507 e. The van der Waals surface area contributed by atoms with Gasteiger partial charge in [-0.15, -0.1) is 11.6 Å². The first kappa shape index (κ1) is 13.5. The maximum Gasteiger partial charge on any atom is 0.255 e. The molecule has 0 heterocycles. The van der Waals surface area contributed by atoms with E-state index < -0.39 is 0 Å². The Kier molecular flexibility index (Phi) is 4.03. The van der Waals surface area contributed by atoms with Crippen molar-refractivity contribution < 1.29 is 9.90 Å². The summed E-state index contributed by atoms with van der Waals surface area (Å²) < 4.78 is 0. The second-order valence-electron chi connectivity index (χ2n) is 4.74. The molecule has 1 aromatic carbocycles. The molecule has 98 valence electrons. The standard InChI is InChI=1S/C13H15Cl2NO2/c14-8-13(5-1-2-6-13)16-12(18)10-4-3-9(15)7-11(10)17/h3-4,7,17H,1-2,5-6,8H2,(H,16,18). The third-order valence-electron chi connectivity index (χ3n) is 3.40. The molecule has 1 fully saturated rings. The van der Waals surface area contributed by atoms with Gasteiger partial charge in [0, 0.05) is 10.9 Å². The fourth-order valence-corrected chi connectivity index (χ4v) is 2.85. The predicted octanol–water partition coefficient (Wildman–Crippen LogP) is 3.33. The Labute approximate surface area is 116 Å².